The molecule has 5 heteroatoms. The van der Waals surface area contributed by atoms with Crippen molar-refractivity contribution >= 4 is 11.7 Å². The highest BCUT2D eigenvalue weighted by molar-refractivity contribution is 5.81. The van der Waals surface area contributed by atoms with E-state index in [1.165, 1.54) is 0 Å². The van der Waals surface area contributed by atoms with Gasteiger partial charge in [-0.3, -0.25) is 4.79 Å². The van der Waals surface area contributed by atoms with Crippen molar-refractivity contribution < 1.29 is 4.79 Å². The first kappa shape index (κ1) is 10.9. The maximum atomic E-state index is 11.4. The highest BCUT2D eigenvalue weighted by Gasteiger charge is 2.15. The summed E-state index contributed by atoms with van der Waals surface area (Å²) in [6.07, 6.45) is 2.68. The van der Waals surface area contributed by atoms with E-state index in [0.717, 1.165) is 30.9 Å². The number of hydrogen-bond acceptors (Lipinski definition) is 4. The Hall–Kier alpha value is -1.62. The lowest BCUT2D eigenvalue weighted by molar-refractivity contribution is -0.119. The number of aromatic nitrogens is 1. The fourth-order valence-corrected chi connectivity index (χ4v) is 1.76. The Kier molecular flexibility index (Phi) is 3.36. The minimum absolute atomic E-state index is 0.0532. The van der Waals surface area contributed by atoms with Crippen LogP contribution in [0.2, 0.25) is 0 Å². The molecule has 0 unspecified atom stereocenters. The van der Waals surface area contributed by atoms with E-state index in [1.807, 2.05) is 17.0 Å². The number of carbonyl (C=O) groups excluding carboxylic acids is 1. The van der Waals surface area contributed by atoms with Gasteiger partial charge in [-0.2, -0.15) is 0 Å². The molecule has 1 aromatic heterocycles. The smallest absolute Gasteiger partial charge is 0.239 e. The Balaban J connectivity index is 2.17. The molecular weight excluding hydrogens is 204 g/mol. The molecule has 2 heterocycles. The van der Waals surface area contributed by atoms with Crippen LogP contribution in [0.1, 0.15) is 12.0 Å². The van der Waals surface area contributed by atoms with Gasteiger partial charge in [0.15, 0.2) is 0 Å². The van der Waals surface area contributed by atoms with E-state index in [9.17, 15) is 4.79 Å². The van der Waals surface area contributed by atoms with Crippen LogP contribution in [0.5, 0.6) is 0 Å². The van der Waals surface area contributed by atoms with Gasteiger partial charge in [0.25, 0.3) is 0 Å². The van der Waals surface area contributed by atoms with Gasteiger partial charge in [-0.05, 0) is 24.1 Å². The maximum absolute atomic E-state index is 11.4. The summed E-state index contributed by atoms with van der Waals surface area (Å²) in [5.74, 6) is 0.887. The molecule has 0 radical (unpaired) electrons. The van der Waals surface area contributed by atoms with Crippen molar-refractivity contribution in [3.63, 3.8) is 0 Å². The predicted octanol–water partition coefficient (Wildman–Crippen LogP) is -0.133. The second-order valence-corrected chi connectivity index (χ2v) is 3.85. The Labute approximate surface area is 94.6 Å². The SMILES string of the molecule is NCc1ccnc(N2CCCNC(=O)C2)c1. The summed E-state index contributed by atoms with van der Waals surface area (Å²) in [6.45, 7) is 2.46. The number of nitrogens with two attached hydrogens (primary N) is 1. The monoisotopic (exact) mass is 220 g/mol. The Bertz CT molecular complexity index is 380. The molecule has 0 aromatic carbocycles. The van der Waals surface area contributed by atoms with Gasteiger partial charge in [0.05, 0.1) is 6.54 Å². The second kappa shape index (κ2) is 4.94. The van der Waals surface area contributed by atoms with E-state index in [1.54, 1.807) is 6.20 Å². The third-order valence-corrected chi connectivity index (χ3v) is 2.63. The molecule has 1 fully saturated rings. The van der Waals surface area contributed by atoms with Crippen LogP contribution in [-0.4, -0.2) is 30.5 Å². The normalized spacial score (nSPS) is 16.8. The third-order valence-electron chi connectivity index (χ3n) is 2.63. The second-order valence-electron chi connectivity index (χ2n) is 3.85. The van der Waals surface area contributed by atoms with Crippen molar-refractivity contribution in [2.24, 2.45) is 5.73 Å². The van der Waals surface area contributed by atoms with Crippen molar-refractivity contribution in [1.29, 1.82) is 0 Å². The van der Waals surface area contributed by atoms with E-state index in [0.29, 0.717) is 13.1 Å². The lowest BCUT2D eigenvalue weighted by Gasteiger charge is -2.20. The lowest BCUT2D eigenvalue weighted by atomic mass is 10.2. The molecular formula is C11H16N4O. The fourth-order valence-electron chi connectivity index (χ4n) is 1.76. The highest BCUT2D eigenvalue weighted by atomic mass is 16.2. The van der Waals surface area contributed by atoms with E-state index in [4.69, 9.17) is 5.73 Å². The van der Waals surface area contributed by atoms with Crippen LogP contribution in [-0.2, 0) is 11.3 Å². The average molecular weight is 220 g/mol. The molecule has 0 aliphatic carbocycles. The molecule has 1 aliphatic rings. The number of rotatable bonds is 2. The summed E-state index contributed by atoms with van der Waals surface area (Å²) in [6, 6.07) is 3.83. The molecule has 2 rings (SSSR count). The van der Waals surface area contributed by atoms with E-state index < -0.39 is 0 Å². The minimum Gasteiger partial charge on any atom is -0.354 e. The first-order valence-electron chi connectivity index (χ1n) is 5.46. The number of nitrogens with zero attached hydrogens (tertiary/aromatic N) is 2. The van der Waals surface area contributed by atoms with Crippen LogP contribution in [0.15, 0.2) is 18.3 Å². The standard InChI is InChI=1S/C11H16N4O/c12-7-9-2-4-13-10(6-9)15-5-1-3-14-11(16)8-15/h2,4,6H,1,3,5,7-8,12H2,(H,14,16). The Morgan fingerprint density at radius 1 is 1.56 bits per heavy atom. The van der Waals surface area contributed by atoms with Gasteiger partial charge in [0.1, 0.15) is 5.82 Å². The molecule has 5 nitrogen and oxygen atoms in total. The summed E-state index contributed by atoms with van der Waals surface area (Å²) in [5.41, 5.74) is 6.62. The summed E-state index contributed by atoms with van der Waals surface area (Å²) in [5, 5.41) is 2.84. The quantitative estimate of drug-likeness (QED) is 0.728. The lowest BCUT2D eigenvalue weighted by Crippen LogP contribution is -2.33. The zero-order valence-electron chi connectivity index (χ0n) is 9.15. The van der Waals surface area contributed by atoms with Gasteiger partial charge in [0, 0.05) is 25.8 Å². The summed E-state index contributed by atoms with van der Waals surface area (Å²) in [7, 11) is 0. The van der Waals surface area contributed by atoms with Crippen molar-refractivity contribution in [3.05, 3.63) is 23.9 Å². The number of hydrogen-bond donors (Lipinski definition) is 2. The van der Waals surface area contributed by atoms with Crippen LogP contribution in [0.4, 0.5) is 5.82 Å². The van der Waals surface area contributed by atoms with Crippen molar-refractivity contribution in [2.75, 3.05) is 24.5 Å². The molecule has 1 aromatic rings. The molecule has 86 valence electrons. The Morgan fingerprint density at radius 3 is 3.25 bits per heavy atom. The number of pyridine rings is 1. The number of nitrogens with one attached hydrogen (secondary N) is 1. The van der Waals surface area contributed by atoms with Crippen molar-refractivity contribution in [3.8, 4) is 0 Å². The molecule has 1 saturated heterocycles. The summed E-state index contributed by atoms with van der Waals surface area (Å²) in [4.78, 5) is 17.7. The fraction of sp³-hybridized carbons (Fsp3) is 0.455. The molecule has 16 heavy (non-hydrogen) atoms. The highest BCUT2D eigenvalue weighted by Crippen LogP contribution is 2.13. The topological polar surface area (TPSA) is 71.2 Å². The Morgan fingerprint density at radius 2 is 2.44 bits per heavy atom. The molecule has 0 spiro atoms. The summed E-state index contributed by atoms with van der Waals surface area (Å²) >= 11 is 0. The van der Waals surface area contributed by atoms with Gasteiger partial charge in [0.2, 0.25) is 5.91 Å². The van der Waals surface area contributed by atoms with Crippen molar-refractivity contribution in [2.45, 2.75) is 13.0 Å². The average Bonchev–Trinajstić information content (AvgIpc) is 2.54. The molecule has 1 aliphatic heterocycles. The van der Waals surface area contributed by atoms with Gasteiger partial charge >= 0.3 is 0 Å². The number of carbonyl (C=O) groups is 1. The number of amides is 1. The summed E-state index contributed by atoms with van der Waals surface area (Å²) < 4.78 is 0. The zero-order valence-corrected chi connectivity index (χ0v) is 9.15. The van der Waals surface area contributed by atoms with E-state index in [-0.39, 0.29) is 5.91 Å². The molecule has 0 atom stereocenters. The largest absolute Gasteiger partial charge is 0.354 e. The first-order chi connectivity index (χ1) is 7.79. The van der Waals surface area contributed by atoms with Crippen molar-refractivity contribution in [1.82, 2.24) is 10.3 Å². The zero-order chi connectivity index (χ0) is 11.4. The van der Waals surface area contributed by atoms with E-state index >= 15 is 0 Å². The van der Waals surface area contributed by atoms with Crippen LogP contribution < -0.4 is 16.0 Å². The minimum atomic E-state index is 0.0532. The van der Waals surface area contributed by atoms with Crippen LogP contribution in [0.25, 0.3) is 0 Å². The van der Waals surface area contributed by atoms with Crippen LogP contribution >= 0.6 is 0 Å². The van der Waals surface area contributed by atoms with Crippen LogP contribution in [0, 0.1) is 0 Å². The first-order valence-corrected chi connectivity index (χ1v) is 5.46. The molecule has 0 saturated carbocycles. The molecule has 0 bridgehead atoms. The molecule has 3 N–H and O–H groups in total. The van der Waals surface area contributed by atoms with Gasteiger partial charge in [-0.1, -0.05) is 0 Å². The van der Waals surface area contributed by atoms with Gasteiger partial charge < -0.3 is 16.0 Å². The number of anilines is 1. The molecule has 1 amide bonds. The maximum Gasteiger partial charge on any atom is 0.239 e. The van der Waals surface area contributed by atoms with Gasteiger partial charge in [-0.25, -0.2) is 4.98 Å². The van der Waals surface area contributed by atoms with E-state index in [2.05, 4.69) is 10.3 Å². The predicted molar refractivity (Wildman–Crippen MR) is 62.0 cm³/mol. The van der Waals surface area contributed by atoms with Crippen LogP contribution in [0.3, 0.4) is 0 Å². The third kappa shape index (κ3) is 2.49. The van der Waals surface area contributed by atoms with Gasteiger partial charge in [-0.15, -0.1) is 0 Å².